The van der Waals surface area contributed by atoms with Gasteiger partial charge in [0.05, 0.1) is 17.1 Å². The minimum absolute atomic E-state index is 0.0742. The summed E-state index contributed by atoms with van der Waals surface area (Å²) in [5.74, 6) is 1.37. The molecule has 2 aromatic heterocycles. The van der Waals surface area contributed by atoms with Gasteiger partial charge in [0.25, 0.3) is 0 Å². The number of nitrogens with zero attached hydrogens (tertiary/aromatic N) is 3. The largest absolute Gasteiger partial charge is 0.338 e. The molecule has 0 spiro atoms. The minimum atomic E-state index is -0.227. The number of anilines is 2. The van der Waals surface area contributed by atoms with Gasteiger partial charge >= 0.3 is 0 Å². The normalized spacial score (nSPS) is 15.4. The molecule has 0 unspecified atom stereocenters. The number of Topliss-reactive ketones (excluding diaryl/α,β-unsaturated/α-hetero) is 1. The maximum Gasteiger partial charge on any atom is 0.180 e. The lowest BCUT2D eigenvalue weighted by Gasteiger charge is -2.38. The summed E-state index contributed by atoms with van der Waals surface area (Å²) >= 11 is 0. The molecule has 3 heterocycles. The summed E-state index contributed by atoms with van der Waals surface area (Å²) < 4.78 is 2.05. The Hall–Kier alpha value is -3.77. The van der Waals surface area contributed by atoms with Crippen molar-refractivity contribution >= 4 is 17.3 Å². The summed E-state index contributed by atoms with van der Waals surface area (Å²) in [6.45, 7) is 1.57. The summed E-state index contributed by atoms with van der Waals surface area (Å²) in [5.41, 5.74) is 12.3. The van der Waals surface area contributed by atoms with Gasteiger partial charge in [-0.2, -0.15) is 0 Å². The smallest absolute Gasteiger partial charge is 0.180 e. The molecule has 158 valence electrons. The van der Waals surface area contributed by atoms with Gasteiger partial charge < -0.3 is 11.1 Å². The number of carbonyl (C=O) groups excluding carboxylic acids is 1. The van der Waals surface area contributed by atoms with E-state index >= 15 is 0 Å². The van der Waals surface area contributed by atoms with Crippen molar-refractivity contribution in [2.24, 2.45) is 5.73 Å². The second-order valence-electron chi connectivity index (χ2n) is 8.65. The van der Waals surface area contributed by atoms with Crippen molar-refractivity contribution in [1.29, 1.82) is 0 Å². The summed E-state index contributed by atoms with van der Waals surface area (Å²) in [6, 6.07) is 20.1. The molecule has 1 saturated carbocycles. The van der Waals surface area contributed by atoms with Crippen LogP contribution in [0.4, 0.5) is 11.5 Å². The fraction of sp³-hybridized carbons (Fsp3) is 0.192. The summed E-state index contributed by atoms with van der Waals surface area (Å²) in [7, 11) is 0. The molecule has 0 radical (unpaired) electrons. The van der Waals surface area contributed by atoms with E-state index in [1.165, 1.54) is 6.42 Å². The highest BCUT2D eigenvalue weighted by Gasteiger charge is 2.34. The Kier molecular flexibility index (Phi) is 4.07. The van der Waals surface area contributed by atoms with Crippen LogP contribution in [0.1, 0.15) is 42.2 Å². The van der Waals surface area contributed by atoms with E-state index in [2.05, 4.69) is 39.1 Å². The van der Waals surface area contributed by atoms with Crippen molar-refractivity contribution in [3.05, 3.63) is 78.1 Å². The zero-order valence-corrected chi connectivity index (χ0v) is 17.8. The summed E-state index contributed by atoms with van der Waals surface area (Å²) in [5, 5.41) is 3.43. The third-order valence-corrected chi connectivity index (χ3v) is 6.64. The molecule has 6 heteroatoms. The average Bonchev–Trinajstić information content (AvgIpc) is 3.13. The summed E-state index contributed by atoms with van der Waals surface area (Å²) in [4.78, 5) is 22.1. The van der Waals surface area contributed by atoms with Crippen LogP contribution in [0, 0.1) is 0 Å². The molecule has 0 amide bonds. The highest BCUT2D eigenvalue weighted by molar-refractivity contribution is 6.01. The van der Waals surface area contributed by atoms with E-state index in [9.17, 15) is 4.79 Å². The third-order valence-electron chi connectivity index (χ3n) is 6.64. The lowest BCUT2D eigenvalue weighted by Crippen LogP contribution is -2.43. The predicted octanol–water partition coefficient (Wildman–Crippen LogP) is 5.20. The van der Waals surface area contributed by atoms with Crippen LogP contribution in [0.3, 0.4) is 0 Å². The first kappa shape index (κ1) is 19.0. The van der Waals surface area contributed by atoms with Gasteiger partial charge in [0, 0.05) is 29.8 Å². The quantitative estimate of drug-likeness (QED) is 0.391. The van der Waals surface area contributed by atoms with Crippen LogP contribution in [0.2, 0.25) is 0 Å². The Labute approximate surface area is 186 Å². The Morgan fingerprint density at radius 3 is 2.56 bits per heavy atom. The maximum atomic E-state index is 12.7. The highest BCUT2D eigenvalue weighted by Crippen LogP contribution is 2.43. The number of aromatic nitrogens is 3. The van der Waals surface area contributed by atoms with E-state index in [0.29, 0.717) is 5.69 Å². The zero-order chi connectivity index (χ0) is 21.9. The first-order chi connectivity index (χ1) is 15.5. The van der Waals surface area contributed by atoms with Gasteiger partial charge in [0.1, 0.15) is 11.5 Å². The van der Waals surface area contributed by atoms with Gasteiger partial charge in [0.15, 0.2) is 11.6 Å². The van der Waals surface area contributed by atoms with Crippen LogP contribution in [0.25, 0.3) is 28.3 Å². The van der Waals surface area contributed by atoms with Gasteiger partial charge in [-0.15, -0.1) is 0 Å². The van der Waals surface area contributed by atoms with Crippen LogP contribution in [-0.2, 0) is 5.54 Å². The standard InChI is InChI=1S/C26H23N5O/c1-16(32)22-23(17-9-11-18(12-10-17)26(27)13-5-14-26)31-21-8-4-15-28-24(21)29-20-7-3-2-6-19(20)25(31)30-22/h2-4,6-12,15H,5,13-14,27H2,1H3,(H,28,29). The molecule has 32 heavy (non-hydrogen) atoms. The van der Waals surface area contributed by atoms with E-state index in [-0.39, 0.29) is 11.3 Å². The van der Waals surface area contributed by atoms with E-state index in [4.69, 9.17) is 10.7 Å². The van der Waals surface area contributed by atoms with Crippen LogP contribution < -0.4 is 11.1 Å². The third kappa shape index (κ3) is 2.73. The van der Waals surface area contributed by atoms with E-state index in [0.717, 1.165) is 58.2 Å². The Bertz CT molecular complexity index is 1370. The number of benzene rings is 2. The molecule has 6 nitrogen and oxygen atoms in total. The average molecular weight is 422 g/mol. The van der Waals surface area contributed by atoms with Gasteiger partial charge in [0.2, 0.25) is 0 Å². The number of para-hydroxylation sites is 1. The van der Waals surface area contributed by atoms with Crippen LogP contribution in [0.5, 0.6) is 0 Å². The molecule has 0 saturated heterocycles. The SMILES string of the molecule is CC(=O)c1nc2n(c1-c1ccc(C3(N)CCC3)cc1)-c1cccnc1Nc1ccccc1-2. The molecule has 0 atom stereocenters. The highest BCUT2D eigenvalue weighted by atomic mass is 16.1. The number of ketones is 1. The van der Waals surface area contributed by atoms with Crippen molar-refractivity contribution in [2.75, 3.05) is 5.32 Å². The number of nitrogens with two attached hydrogens (primary N) is 1. The number of imidazole rings is 1. The molecule has 1 aliphatic heterocycles. The van der Waals surface area contributed by atoms with Gasteiger partial charge in [-0.1, -0.05) is 36.4 Å². The number of rotatable bonds is 3. The van der Waals surface area contributed by atoms with Crippen molar-refractivity contribution in [3.63, 3.8) is 0 Å². The molecule has 4 aromatic rings. The molecule has 2 aliphatic rings. The van der Waals surface area contributed by atoms with Gasteiger partial charge in [-0.3, -0.25) is 9.36 Å². The van der Waals surface area contributed by atoms with Crippen LogP contribution in [0.15, 0.2) is 66.9 Å². The van der Waals surface area contributed by atoms with Gasteiger partial charge in [-0.05, 0) is 49.1 Å². The molecule has 3 N–H and O–H groups in total. The summed E-state index contributed by atoms with van der Waals surface area (Å²) in [6.07, 6.45) is 4.94. The number of fused-ring (bicyclic) bond motifs is 5. The topological polar surface area (TPSA) is 85.8 Å². The number of hydrogen-bond donors (Lipinski definition) is 2. The Morgan fingerprint density at radius 2 is 1.84 bits per heavy atom. The number of pyridine rings is 1. The zero-order valence-electron chi connectivity index (χ0n) is 17.8. The first-order valence-corrected chi connectivity index (χ1v) is 10.9. The van der Waals surface area contributed by atoms with Crippen molar-refractivity contribution in [3.8, 4) is 28.3 Å². The lowest BCUT2D eigenvalue weighted by molar-refractivity contribution is 0.101. The van der Waals surface area contributed by atoms with Crippen molar-refractivity contribution in [1.82, 2.24) is 14.5 Å². The van der Waals surface area contributed by atoms with Gasteiger partial charge in [-0.25, -0.2) is 9.97 Å². The predicted molar refractivity (Wildman–Crippen MR) is 125 cm³/mol. The number of hydrogen-bond acceptors (Lipinski definition) is 5. The maximum absolute atomic E-state index is 12.7. The fourth-order valence-corrected chi connectivity index (χ4v) is 4.74. The molecule has 6 rings (SSSR count). The molecule has 1 fully saturated rings. The van der Waals surface area contributed by atoms with E-state index in [1.807, 2.05) is 36.4 Å². The molecule has 0 bridgehead atoms. The van der Waals surface area contributed by atoms with Crippen LogP contribution >= 0.6 is 0 Å². The second-order valence-corrected chi connectivity index (χ2v) is 8.65. The number of nitrogens with one attached hydrogen (secondary N) is 1. The monoisotopic (exact) mass is 421 g/mol. The van der Waals surface area contributed by atoms with Crippen molar-refractivity contribution < 1.29 is 4.79 Å². The molecule has 1 aliphatic carbocycles. The number of carbonyl (C=O) groups is 1. The first-order valence-electron chi connectivity index (χ1n) is 10.9. The fourth-order valence-electron chi connectivity index (χ4n) is 4.74. The Balaban J connectivity index is 1.63. The Morgan fingerprint density at radius 1 is 1.06 bits per heavy atom. The molecule has 2 aromatic carbocycles. The lowest BCUT2D eigenvalue weighted by atomic mass is 9.72. The van der Waals surface area contributed by atoms with Crippen molar-refractivity contribution in [2.45, 2.75) is 31.7 Å². The molecular formula is C26H23N5O. The van der Waals surface area contributed by atoms with E-state index < -0.39 is 0 Å². The van der Waals surface area contributed by atoms with E-state index in [1.54, 1.807) is 13.1 Å². The van der Waals surface area contributed by atoms with Crippen LogP contribution in [-0.4, -0.2) is 20.3 Å². The second kappa shape index (κ2) is 6.87. The molecular weight excluding hydrogens is 398 g/mol. The minimum Gasteiger partial charge on any atom is -0.338 e.